The van der Waals surface area contributed by atoms with E-state index in [1.807, 2.05) is 0 Å². The number of carbonyl (C=O) groups excluding carboxylic acids is 4. The first-order chi connectivity index (χ1) is 48.9. The van der Waals surface area contributed by atoms with E-state index in [-0.39, 0.29) is 25.7 Å². The van der Waals surface area contributed by atoms with Gasteiger partial charge in [0.25, 0.3) is 0 Å². The van der Waals surface area contributed by atoms with E-state index in [1.165, 1.54) is 250 Å². The van der Waals surface area contributed by atoms with Gasteiger partial charge in [0.1, 0.15) is 19.3 Å². The summed E-state index contributed by atoms with van der Waals surface area (Å²) in [5.74, 6) is -0.502. The Kier molecular flexibility index (Phi) is 72.2. The maximum atomic E-state index is 13.1. The van der Waals surface area contributed by atoms with Gasteiger partial charge in [0.15, 0.2) is 12.2 Å². The smallest absolute Gasteiger partial charge is 0.462 e. The van der Waals surface area contributed by atoms with Gasteiger partial charge in [-0.2, -0.15) is 0 Å². The van der Waals surface area contributed by atoms with E-state index < -0.39 is 97.5 Å². The summed E-state index contributed by atoms with van der Waals surface area (Å²) in [6.45, 7) is 9.70. The molecule has 0 aliphatic rings. The van der Waals surface area contributed by atoms with Gasteiger partial charge in [-0.1, -0.05) is 382 Å². The number of phosphoric acid groups is 2. The van der Waals surface area contributed by atoms with Gasteiger partial charge in [-0.05, 0) is 37.5 Å². The van der Waals surface area contributed by atoms with E-state index in [2.05, 4.69) is 41.5 Å². The van der Waals surface area contributed by atoms with Crippen molar-refractivity contribution in [1.29, 1.82) is 0 Å². The minimum Gasteiger partial charge on any atom is -0.462 e. The molecule has 0 aliphatic heterocycles. The van der Waals surface area contributed by atoms with Crippen molar-refractivity contribution in [2.24, 2.45) is 11.8 Å². The van der Waals surface area contributed by atoms with Gasteiger partial charge < -0.3 is 33.8 Å². The summed E-state index contributed by atoms with van der Waals surface area (Å²) in [7, 11) is -9.92. The minimum absolute atomic E-state index is 0.108. The molecule has 0 saturated carbocycles. The van der Waals surface area contributed by atoms with Crippen LogP contribution in [0.15, 0.2) is 0 Å². The predicted octanol–water partition coefficient (Wildman–Crippen LogP) is 24.7. The molecule has 0 bridgehead atoms. The fourth-order valence-corrected chi connectivity index (χ4v) is 14.3. The Labute approximate surface area is 619 Å². The molecule has 0 aromatic rings. The van der Waals surface area contributed by atoms with Gasteiger partial charge in [0.2, 0.25) is 0 Å². The van der Waals surface area contributed by atoms with Gasteiger partial charge in [-0.25, -0.2) is 9.13 Å². The molecule has 2 unspecified atom stereocenters. The Balaban J connectivity index is 5.26. The number of rotatable bonds is 81. The molecule has 19 heteroatoms. The highest BCUT2D eigenvalue weighted by molar-refractivity contribution is 7.47. The van der Waals surface area contributed by atoms with Crippen molar-refractivity contribution in [2.45, 2.75) is 452 Å². The summed E-state index contributed by atoms with van der Waals surface area (Å²) in [4.78, 5) is 73.1. The van der Waals surface area contributed by atoms with Crippen LogP contribution in [0.25, 0.3) is 0 Å². The van der Waals surface area contributed by atoms with Crippen LogP contribution >= 0.6 is 15.6 Å². The summed E-state index contributed by atoms with van der Waals surface area (Å²) >= 11 is 0. The highest BCUT2D eigenvalue weighted by Crippen LogP contribution is 2.45. The van der Waals surface area contributed by atoms with Gasteiger partial charge in [-0.15, -0.1) is 0 Å². The molecular formula is C82H160O17P2. The van der Waals surface area contributed by atoms with Crippen LogP contribution in [0.3, 0.4) is 0 Å². The van der Waals surface area contributed by atoms with E-state index in [0.29, 0.717) is 25.7 Å². The van der Waals surface area contributed by atoms with Gasteiger partial charge in [-0.3, -0.25) is 37.3 Å². The molecule has 0 aromatic carbocycles. The number of hydrogen-bond donors (Lipinski definition) is 3. The Morgan fingerprint density at radius 1 is 0.267 bits per heavy atom. The van der Waals surface area contributed by atoms with Crippen molar-refractivity contribution < 1.29 is 80.2 Å². The van der Waals surface area contributed by atoms with Crippen LogP contribution in [0.2, 0.25) is 0 Å². The minimum atomic E-state index is -4.96. The van der Waals surface area contributed by atoms with Crippen molar-refractivity contribution in [3.63, 3.8) is 0 Å². The van der Waals surface area contributed by atoms with Gasteiger partial charge >= 0.3 is 39.5 Å². The van der Waals surface area contributed by atoms with Crippen LogP contribution in [0.4, 0.5) is 0 Å². The van der Waals surface area contributed by atoms with Crippen molar-refractivity contribution in [1.82, 2.24) is 0 Å². The van der Waals surface area contributed by atoms with Crippen molar-refractivity contribution in [3.8, 4) is 0 Å². The lowest BCUT2D eigenvalue weighted by atomic mass is 10.0. The van der Waals surface area contributed by atoms with Crippen LogP contribution in [-0.2, 0) is 65.4 Å². The maximum Gasteiger partial charge on any atom is 0.472 e. The third-order valence-corrected chi connectivity index (χ3v) is 21.1. The summed E-state index contributed by atoms with van der Waals surface area (Å²) in [5, 5.41) is 10.7. The molecule has 101 heavy (non-hydrogen) atoms. The average Bonchev–Trinajstić information content (AvgIpc) is 1.15. The van der Waals surface area contributed by atoms with E-state index in [1.54, 1.807) is 0 Å². The number of esters is 4. The molecule has 0 spiro atoms. The summed E-state index contributed by atoms with van der Waals surface area (Å²) in [6.07, 6.45) is 63.6. The first-order valence-corrected chi connectivity index (χ1v) is 45.5. The Hall–Kier alpha value is -1.94. The lowest BCUT2D eigenvalue weighted by Gasteiger charge is -2.21. The molecule has 600 valence electrons. The van der Waals surface area contributed by atoms with Crippen LogP contribution < -0.4 is 0 Å². The van der Waals surface area contributed by atoms with Crippen LogP contribution in [0, 0.1) is 11.8 Å². The van der Waals surface area contributed by atoms with Crippen LogP contribution in [0.5, 0.6) is 0 Å². The molecule has 0 saturated heterocycles. The van der Waals surface area contributed by atoms with Gasteiger partial charge in [0.05, 0.1) is 26.4 Å². The second-order valence-corrected chi connectivity index (χ2v) is 33.4. The van der Waals surface area contributed by atoms with Crippen LogP contribution in [0.1, 0.15) is 433 Å². The zero-order valence-electron chi connectivity index (χ0n) is 66.2. The molecule has 0 aliphatic carbocycles. The van der Waals surface area contributed by atoms with Crippen molar-refractivity contribution in [3.05, 3.63) is 0 Å². The number of unbranched alkanes of at least 4 members (excludes halogenated alkanes) is 51. The maximum absolute atomic E-state index is 13.1. The number of phosphoric ester groups is 2. The SMILES string of the molecule is CCCCCCCCCCCCCCCC(=O)OC[C@H](COP(=O)(O)OC[C@H](O)COP(=O)(O)OC[C@@H](COC(=O)CCCCCCCCCCCCCCCCC(C)C)OC(=O)CCCCCCCCCCCCCCCCCC(C)C)OC(=O)CCCCCCCCCCCCCCC. The number of ether oxygens (including phenoxy) is 4. The second kappa shape index (κ2) is 73.6. The van der Waals surface area contributed by atoms with Crippen molar-refractivity contribution in [2.75, 3.05) is 39.6 Å². The molecule has 0 radical (unpaired) electrons. The van der Waals surface area contributed by atoms with E-state index in [4.69, 9.17) is 37.0 Å². The molecule has 0 heterocycles. The molecule has 0 amide bonds. The Morgan fingerprint density at radius 2 is 0.455 bits per heavy atom. The zero-order valence-corrected chi connectivity index (χ0v) is 68.0. The Morgan fingerprint density at radius 3 is 0.673 bits per heavy atom. The highest BCUT2D eigenvalue weighted by atomic mass is 31.2. The summed E-state index contributed by atoms with van der Waals surface area (Å²) in [5.41, 5.74) is 0. The fraction of sp³-hybridized carbons (Fsp3) is 0.951. The standard InChI is InChI=1S/C82H160O17P2/c1-7-9-11-13-15-17-19-26-34-40-46-52-58-64-79(84)92-70-77(98-81(86)66-60-54-48-42-36-27-20-18-16-14-12-10-8-2)72-96-100(88,89)94-68-76(83)69-95-101(90,91)97-73-78(71-93-80(85)65-59-53-47-41-35-30-25-24-29-33-39-45-51-57-63-75(5)6)99-82(87)67-61-55-49-43-37-31-23-21-22-28-32-38-44-50-56-62-74(3)4/h74-78,83H,7-73H2,1-6H3,(H,88,89)(H,90,91)/t76-,77+,78+/m0/s1. The van der Waals surface area contributed by atoms with Crippen molar-refractivity contribution >= 4 is 39.5 Å². The normalized spacial score (nSPS) is 13.9. The number of carbonyl (C=O) groups is 4. The monoisotopic (exact) mass is 1480 g/mol. The molecular weight excluding hydrogens is 1320 g/mol. The fourth-order valence-electron chi connectivity index (χ4n) is 12.7. The molecule has 17 nitrogen and oxygen atoms in total. The Bertz CT molecular complexity index is 1940. The van der Waals surface area contributed by atoms with E-state index >= 15 is 0 Å². The first-order valence-electron chi connectivity index (χ1n) is 42.5. The van der Waals surface area contributed by atoms with Crippen LogP contribution in [-0.4, -0.2) is 96.7 Å². The number of hydrogen-bond acceptors (Lipinski definition) is 15. The predicted molar refractivity (Wildman–Crippen MR) is 414 cm³/mol. The third-order valence-electron chi connectivity index (χ3n) is 19.2. The number of aliphatic hydroxyl groups is 1. The zero-order chi connectivity index (χ0) is 74.2. The van der Waals surface area contributed by atoms with Gasteiger partial charge in [0, 0.05) is 25.7 Å². The summed E-state index contributed by atoms with van der Waals surface area (Å²) < 4.78 is 68.8. The first kappa shape index (κ1) is 99.1. The largest absolute Gasteiger partial charge is 0.472 e. The topological polar surface area (TPSA) is 237 Å². The van der Waals surface area contributed by atoms with E-state index in [0.717, 1.165) is 102 Å². The second-order valence-electron chi connectivity index (χ2n) is 30.5. The van der Waals surface area contributed by atoms with E-state index in [9.17, 15) is 43.2 Å². The average molecular weight is 1480 g/mol. The molecule has 5 atom stereocenters. The third kappa shape index (κ3) is 76.1. The summed E-state index contributed by atoms with van der Waals surface area (Å²) in [6, 6.07) is 0. The number of aliphatic hydroxyl groups excluding tert-OH is 1. The quantitative estimate of drug-likeness (QED) is 0.0222. The molecule has 0 fully saturated rings. The lowest BCUT2D eigenvalue weighted by Crippen LogP contribution is -2.30. The molecule has 0 rings (SSSR count). The molecule has 0 aromatic heterocycles. The highest BCUT2D eigenvalue weighted by Gasteiger charge is 2.30. The molecule has 3 N–H and O–H groups in total. The lowest BCUT2D eigenvalue weighted by molar-refractivity contribution is -0.161.